The van der Waals surface area contributed by atoms with Crippen LogP contribution in [0.25, 0.3) is 11.5 Å². The number of fused-ring (bicyclic) bond motifs is 1. The Labute approximate surface area is 102 Å². The molecule has 0 saturated heterocycles. The Morgan fingerprint density at radius 3 is 2.94 bits per heavy atom. The van der Waals surface area contributed by atoms with Gasteiger partial charge in [0.15, 0.2) is 5.82 Å². The molecule has 3 heterocycles. The van der Waals surface area contributed by atoms with Gasteiger partial charge in [-0.2, -0.15) is 11.8 Å². The highest BCUT2D eigenvalue weighted by atomic mass is 35.5. The van der Waals surface area contributed by atoms with Gasteiger partial charge in [-0.15, -0.1) is 0 Å². The zero-order valence-electron chi connectivity index (χ0n) is 8.35. The van der Waals surface area contributed by atoms with Gasteiger partial charge < -0.3 is 0 Å². The van der Waals surface area contributed by atoms with Crippen LogP contribution in [0.2, 0.25) is 5.15 Å². The highest BCUT2D eigenvalue weighted by Gasteiger charge is 2.19. The van der Waals surface area contributed by atoms with Gasteiger partial charge in [-0.3, -0.25) is 4.98 Å². The third-order valence-corrected chi connectivity index (χ3v) is 3.70. The van der Waals surface area contributed by atoms with Crippen molar-refractivity contribution < 1.29 is 0 Å². The number of hydrogen-bond donors (Lipinski definition) is 0. The summed E-state index contributed by atoms with van der Waals surface area (Å²) < 4.78 is 0. The largest absolute Gasteiger partial charge is 0.253 e. The lowest BCUT2D eigenvalue weighted by Crippen LogP contribution is -1.98. The van der Waals surface area contributed by atoms with Crippen molar-refractivity contribution in [1.82, 2.24) is 15.0 Å². The Kier molecular flexibility index (Phi) is 2.53. The number of pyridine rings is 1. The highest BCUT2D eigenvalue weighted by Crippen LogP contribution is 2.33. The van der Waals surface area contributed by atoms with Crippen LogP contribution in [0.15, 0.2) is 24.4 Å². The first kappa shape index (κ1) is 10.1. The molecule has 3 rings (SSSR count). The highest BCUT2D eigenvalue weighted by molar-refractivity contribution is 7.98. The Hall–Kier alpha value is -1.13. The lowest BCUT2D eigenvalue weighted by molar-refractivity contribution is 1.06. The standard InChI is InChI=1S/C11H8ClN3S/c12-10-7-5-16-6-9(7)14-11(15-10)8-3-1-2-4-13-8/h1-4H,5-6H2. The summed E-state index contributed by atoms with van der Waals surface area (Å²) in [7, 11) is 0. The fourth-order valence-electron chi connectivity index (χ4n) is 1.62. The molecule has 0 atom stereocenters. The van der Waals surface area contributed by atoms with Gasteiger partial charge in [-0.25, -0.2) is 9.97 Å². The normalized spacial score (nSPS) is 13.8. The lowest BCUT2D eigenvalue weighted by atomic mass is 10.2. The quantitative estimate of drug-likeness (QED) is 0.729. The first-order valence-electron chi connectivity index (χ1n) is 4.89. The molecule has 3 nitrogen and oxygen atoms in total. The molecule has 0 fully saturated rings. The molecule has 0 aromatic carbocycles. The van der Waals surface area contributed by atoms with E-state index in [0.29, 0.717) is 11.0 Å². The monoisotopic (exact) mass is 249 g/mol. The number of thioether (sulfide) groups is 1. The van der Waals surface area contributed by atoms with Gasteiger partial charge in [0.2, 0.25) is 0 Å². The number of rotatable bonds is 1. The van der Waals surface area contributed by atoms with E-state index < -0.39 is 0 Å². The van der Waals surface area contributed by atoms with Crippen LogP contribution in [-0.2, 0) is 11.5 Å². The predicted octanol–water partition coefficient (Wildman–Crippen LogP) is 2.94. The van der Waals surface area contributed by atoms with Crippen LogP contribution in [0.4, 0.5) is 0 Å². The first-order valence-corrected chi connectivity index (χ1v) is 6.42. The average molecular weight is 250 g/mol. The average Bonchev–Trinajstić information content (AvgIpc) is 2.79. The second-order valence-electron chi connectivity index (χ2n) is 3.47. The van der Waals surface area contributed by atoms with Crippen LogP contribution in [0.5, 0.6) is 0 Å². The van der Waals surface area contributed by atoms with Crippen LogP contribution in [0.1, 0.15) is 11.3 Å². The number of nitrogens with zero attached hydrogens (tertiary/aromatic N) is 3. The zero-order valence-corrected chi connectivity index (χ0v) is 9.92. The van der Waals surface area contributed by atoms with Gasteiger partial charge in [0.05, 0.1) is 5.69 Å². The summed E-state index contributed by atoms with van der Waals surface area (Å²) in [6, 6.07) is 5.68. The minimum Gasteiger partial charge on any atom is -0.253 e. The molecule has 1 aliphatic heterocycles. The van der Waals surface area contributed by atoms with Crippen LogP contribution in [0, 0.1) is 0 Å². The summed E-state index contributed by atoms with van der Waals surface area (Å²) in [5, 5.41) is 0.565. The van der Waals surface area contributed by atoms with Gasteiger partial charge in [0, 0.05) is 23.3 Å². The van der Waals surface area contributed by atoms with Gasteiger partial charge in [0.1, 0.15) is 10.8 Å². The predicted molar refractivity (Wildman–Crippen MR) is 65.3 cm³/mol. The molecule has 0 radical (unpaired) electrons. The molecule has 5 heteroatoms. The third kappa shape index (κ3) is 1.68. The molecular formula is C11H8ClN3S. The third-order valence-electron chi connectivity index (χ3n) is 2.42. The van der Waals surface area contributed by atoms with Crippen molar-refractivity contribution in [3.8, 4) is 11.5 Å². The Morgan fingerprint density at radius 2 is 2.12 bits per heavy atom. The minimum absolute atomic E-state index is 0.565. The Bertz CT molecular complexity index is 530. The summed E-state index contributed by atoms with van der Waals surface area (Å²) in [4.78, 5) is 13.0. The van der Waals surface area contributed by atoms with E-state index in [1.54, 1.807) is 6.20 Å². The molecular weight excluding hydrogens is 242 g/mol. The number of halogens is 1. The second kappa shape index (κ2) is 4.03. The van der Waals surface area contributed by atoms with Crippen LogP contribution >= 0.6 is 23.4 Å². The molecule has 2 aromatic heterocycles. The first-order chi connectivity index (χ1) is 7.84. The fourth-order valence-corrected chi connectivity index (χ4v) is 3.00. The number of hydrogen-bond acceptors (Lipinski definition) is 4. The Morgan fingerprint density at radius 1 is 1.19 bits per heavy atom. The molecule has 16 heavy (non-hydrogen) atoms. The summed E-state index contributed by atoms with van der Waals surface area (Å²) in [6.45, 7) is 0. The molecule has 0 N–H and O–H groups in total. The molecule has 0 aliphatic carbocycles. The SMILES string of the molecule is Clc1nc(-c2ccccn2)nc2c1CSC2. The van der Waals surface area contributed by atoms with Gasteiger partial charge >= 0.3 is 0 Å². The van der Waals surface area contributed by atoms with Crippen molar-refractivity contribution in [3.63, 3.8) is 0 Å². The minimum atomic E-state index is 0.565. The molecule has 1 aliphatic rings. The molecule has 2 aromatic rings. The van der Waals surface area contributed by atoms with Crippen molar-refractivity contribution in [2.75, 3.05) is 0 Å². The maximum Gasteiger partial charge on any atom is 0.179 e. The Balaban J connectivity index is 2.13. The van der Waals surface area contributed by atoms with E-state index in [9.17, 15) is 0 Å². The van der Waals surface area contributed by atoms with Gasteiger partial charge in [-0.05, 0) is 12.1 Å². The maximum atomic E-state index is 6.13. The molecule has 0 bridgehead atoms. The van der Waals surface area contributed by atoms with Crippen molar-refractivity contribution in [3.05, 3.63) is 40.8 Å². The summed E-state index contributed by atoms with van der Waals surface area (Å²) in [5.74, 6) is 2.44. The topological polar surface area (TPSA) is 38.7 Å². The zero-order chi connectivity index (χ0) is 11.0. The molecule has 80 valence electrons. The van der Waals surface area contributed by atoms with E-state index in [2.05, 4.69) is 15.0 Å². The fraction of sp³-hybridized carbons (Fsp3) is 0.182. The van der Waals surface area contributed by atoms with E-state index in [1.807, 2.05) is 30.0 Å². The summed E-state index contributed by atoms with van der Waals surface area (Å²) in [6.07, 6.45) is 1.73. The summed E-state index contributed by atoms with van der Waals surface area (Å²) in [5.41, 5.74) is 2.89. The van der Waals surface area contributed by atoms with Crippen molar-refractivity contribution >= 4 is 23.4 Å². The van der Waals surface area contributed by atoms with E-state index in [0.717, 1.165) is 28.5 Å². The smallest absolute Gasteiger partial charge is 0.179 e. The van der Waals surface area contributed by atoms with Crippen LogP contribution in [0.3, 0.4) is 0 Å². The number of aromatic nitrogens is 3. The van der Waals surface area contributed by atoms with E-state index in [-0.39, 0.29) is 0 Å². The van der Waals surface area contributed by atoms with Crippen molar-refractivity contribution in [2.24, 2.45) is 0 Å². The molecule has 0 amide bonds. The maximum absolute atomic E-state index is 6.13. The van der Waals surface area contributed by atoms with Gasteiger partial charge in [0.25, 0.3) is 0 Å². The van der Waals surface area contributed by atoms with Crippen molar-refractivity contribution in [1.29, 1.82) is 0 Å². The molecule has 0 spiro atoms. The van der Waals surface area contributed by atoms with Crippen LogP contribution < -0.4 is 0 Å². The van der Waals surface area contributed by atoms with Gasteiger partial charge in [-0.1, -0.05) is 17.7 Å². The van der Waals surface area contributed by atoms with E-state index in [4.69, 9.17) is 11.6 Å². The summed E-state index contributed by atoms with van der Waals surface area (Å²) >= 11 is 7.95. The van der Waals surface area contributed by atoms with Crippen molar-refractivity contribution in [2.45, 2.75) is 11.5 Å². The van der Waals surface area contributed by atoms with E-state index in [1.165, 1.54) is 0 Å². The molecule has 0 saturated carbocycles. The lowest BCUT2D eigenvalue weighted by Gasteiger charge is -2.03. The second-order valence-corrected chi connectivity index (χ2v) is 4.81. The van der Waals surface area contributed by atoms with Crippen LogP contribution in [-0.4, -0.2) is 15.0 Å². The van der Waals surface area contributed by atoms with E-state index >= 15 is 0 Å². The molecule has 0 unspecified atom stereocenters.